The summed E-state index contributed by atoms with van der Waals surface area (Å²) in [5.41, 5.74) is 1.62. The van der Waals surface area contributed by atoms with Crippen molar-refractivity contribution in [3.8, 4) is 5.75 Å². The molecule has 184 valence electrons. The summed E-state index contributed by atoms with van der Waals surface area (Å²) in [4.78, 5) is 24.9. The fourth-order valence-electron chi connectivity index (χ4n) is 3.22. The highest BCUT2D eigenvalue weighted by Crippen LogP contribution is 2.28. The second-order valence-electron chi connectivity index (χ2n) is 7.49. The maximum atomic E-state index is 13.5. The Hall–Kier alpha value is -3.56. The third-order valence-corrected chi connectivity index (χ3v) is 7.09. The molecule has 3 rings (SSSR count). The predicted molar refractivity (Wildman–Crippen MR) is 135 cm³/mol. The zero-order valence-corrected chi connectivity index (χ0v) is 21.0. The summed E-state index contributed by atoms with van der Waals surface area (Å²) in [5, 5.41) is 2.73. The molecule has 3 aromatic rings. The normalized spacial score (nSPS) is 11.0. The molecule has 0 aliphatic carbocycles. The molecular weight excluding hydrogens is 492 g/mol. The number of anilines is 2. The molecule has 0 heterocycles. The minimum atomic E-state index is -4.09. The van der Waals surface area contributed by atoms with Gasteiger partial charge in [0.1, 0.15) is 12.3 Å². The van der Waals surface area contributed by atoms with Gasteiger partial charge in [-0.05, 0) is 56.3 Å². The molecule has 1 amide bonds. The van der Waals surface area contributed by atoms with Crippen molar-refractivity contribution in [1.82, 2.24) is 0 Å². The topological polar surface area (TPSA) is 102 Å². The van der Waals surface area contributed by atoms with Gasteiger partial charge in [0, 0.05) is 11.8 Å². The Morgan fingerprint density at radius 1 is 1.03 bits per heavy atom. The molecule has 0 saturated heterocycles. The van der Waals surface area contributed by atoms with Gasteiger partial charge in [0.15, 0.2) is 0 Å². The largest absolute Gasteiger partial charge is 0.497 e. The molecule has 35 heavy (non-hydrogen) atoms. The van der Waals surface area contributed by atoms with E-state index >= 15 is 0 Å². The lowest BCUT2D eigenvalue weighted by atomic mass is 10.2. The van der Waals surface area contributed by atoms with Crippen LogP contribution in [0.5, 0.6) is 5.75 Å². The van der Waals surface area contributed by atoms with Crippen LogP contribution in [0, 0.1) is 6.92 Å². The Balaban J connectivity index is 1.90. The van der Waals surface area contributed by atoms with Crippen molar-refractivity contribution in [2.24, 2.45) is 0 Å². The Kier molecular flexibility index (Phi) is 8.37. The Labute approximate surface area is 209 Å². The van der Waals surface area contributed by atoms with E-state index in [0.717, 1.165) is 9.87 Å². The molecule has 0 spiro atoms. The Bertz CT molecular complexity index is 1330. The van der Waals surface area contributed by atoms with E-state index in [-0.39, 0.29) is 27.8 Å². The van der Waals surface area contributed by atoms with Crippen LogP contribution in [0.25, 0.3) is 0 Å². The standard InChI is InChI=1S/C25H25ClN2O6S/c1-4-34-25(30)22-13-10-18(14-23(22)26)27-24(29)16-28(19-6-5-7-20(15-19)33-3)35(31,32)21-11-8-17(2)9-12-21/h5-15H,4,16H2,1-3H3,(H,27,29). The second-order valence-corrected chi connectivity index (χ2v) is 9.76. The van der Waals surface area contributed by atoms with Crippen LogP contribution in [0.4, 0.5) is 11.4 Å². The minimum Gasteiger partial charge on any atom is -0.497 e. The minimum absolute atomic E-state index is 0.0422. The third kappa shape index (κ3) is 6.32. The molecule has 0 aliphatic heterocycles. The zero-order valence-electron chi connectivity index (χ0n) is 19.4. The van der Waals surface area contributed by atoms with Gasteiger partial charge in [-0.15, -0.1) is 0 Å². The summed E-state index contributed by atoms with van der Waals surface area (Å²) in [6.07, 6.45) is 0. The van der Waals surface area contributed by atoms with Gasteiger partial charge < -0.3 is 14.8 Å². The number of carbonyl (C=O) groups is 2. The maximum Gasteiger partial charge on any atom is 0.339 e. The molecule has 0 saturated carbocycles. The number of benzene rings is 3. The van der Waals surface area contributed by atoms with Gasteiger partial charge in [-0.2, -0.15) is 0 Å². The van der Waals surface area contributed by atoms with E-state index in [1.807, 2.05) is 6.92 Å². The van der Waals surface area contributed by atoms with E-state index in [9.17, 15) is 18.0 Å². The summed E-state index contributed by atoms with van der Waals surface area (Å²) >= 11 is 6.17. The molecule has 10 heteroatoms. The SMILES string of the molecule is CCOC(=O)c1ccc(NC(=O)CN(c2cccc(OC)c2)S(=O)(=O)c2ccc(C)cc2)cc1Cl. The molecule has 3 aromatic carbocycles. The smallest absolute Gasteiger partial charge is 0.339 e. The average Bonchev–Trinajstić information content (AvgIpc) is 2.83. The first-order valence-corrected chi connectivity index (χ1v) is 12.5. The van der Waals surface area contributed by atoms with Crippen molar-refractivity contribution in [2.45, 2.75) is 18.7 Å². The first-order chi connectivity index (χ1) is 16.6. The molecule has 0 atom stereocenters. The lowest BCUT2D eigenvalue weighted by molar-refractivity contribution is -0.114. The number of rotatable bonds is 9. The van der Waals surface area contributed by atoms with Gasteiger partial charge in [0.05, 0.1) is 34.9 Å². The number of sulfonamides is 1. The number of carbonyl (C=O) groups excluding carboxylic acids is 2. The fourth-order valence-corrected chi connectivity index (χ4v) is 4.89. The van der Waals surface area contributed by atoms with Crippen molar-refractivity contribution in [3.05, 3.63) is 82.9 Å². The molecule has 0 unspecified atom stereocenters. The van der Waals surface area contributed by atoms with Crippen molar-refractivity contribution in [3.63, 3.8) is 0 Å². The van der Waals surface area contributed by atoms with Gasteiger partial charge >= 0.3 is 5.97 Å². The summed E-state index contributed by atoms with van der Waals surface area (Å²) in [6, 6.07) is 17.1. The maximum absolute atomic E-state index is 13.5. The summed E-state index contributed by atoms with van der Waals surface area (Å²) in [6.45, 7) is 3.21. The molecular formula is C25H25ClN2O6S. The molecule has 0 aliphatic rings. The van der Waals surface area contributed by atoms with Crippen LogP contribution in [0.2, 0.25) is 5.02 Å². The zero-order chi connectivity index (χ0) is 25.6. The highest BCUT2D eigenvalue weighted by atomic mass is 35.5. The number of aryl methyl sites for hydroxylation is 1. The van der Waals surface area contributed by atoms with Crippen molar-refractivity contribution in [1.29, 1.82) is 0 Å². The van der Waals surface area contributed by atoms with Crippen LogP contribution in [0.3, 0.4) is 0 Å². The summed E-state index contributed by atoms with van der Waals surface area (Å²) in [5.74, 6) is -0.749. The monoisotopic (exact) mass is 516 g/mol. The van der Waals surface area contributed by atoms with Crippen LogP contribution in [-0.4, -0.2) is 40.6 Å². The van der Waals surface area contributed by atoms with Crippen molar-refractivity contribution >= 4 is 44.9 Å². The van der Waals surface area contributed by atoms with Crippen LogP contribution >= 0.6 is 11.6 Å². The first-order valence-electron chi connectivity index (χ1n) is 10.7. The van der Waals surface area contributed by atoms with Crippen molar-refractivity contribution < 1.29 is 27.5 Å². The number of ether oxygens (including phenoxy) is 2. The van der Waals surface area contributed by atoms with E-state index in [1.165, 1.54) is 43.5 Å². The Morgan fingerprint density at radius 3 is 2.37 bits per heavy atom. The van der Waals surface area contributed by atoms with Gasteiger partial charge in [-0.1, -0.05) is 35.4 Å². The summed E-state index contributed by atoms with van der Waals surface area (Å²) in [7, 11) is -2.62. The Morgan fingerprint density at radius 2 is 1.74 bits per heavy atom. The molecule has 0 radical (unpaired) electrons. The van der Waals surface area contributed by atoms with Crippen molar-refractivity contribution in [2.75, 3.05) is 29.9 Å². The van der Waals surface area contributed by atoms with Crippen LogP contribution in [0.1, 0.15) is 22.8 Å². The molecule has 1 N–H and O–H groups in total. The van der Waals surface area contributed by atoms with E-state index in [0.29, 0.717) is 11.4 Å². The lowest BCUT2D eigenvalue weighted by Crippen LogP contribution is -2.38. The molecule has 0 aromatic heterocycles. The van der Waals surface area contributed by atoms with Crippen LogP contribution in [0.15, 0.2) is 71.6 Å². The van der Waals surface area contributed by atoms with Gasteiger partial charge in [-0.3, -0.25) is 9.10 Å². The van der Waals surface area contributed by atoms with Crippen LogP contribution < -0.4 is 14.4 Å². The number of hydrogen-bond donors (Lipinski definition) is 1. The van der Waals surface area contributed by atoms with E-state index in [1.54, 1.807) is 37.3 Å². The average molecular weight is 517 g/mol. The van der Waals surface area contributed by atoms with E-state index in [4.69, 9.17) is 21.1 Å². The highest BCUT2D eigenvalue weighted by Gasteiger charge is 2.27. The number of hydrogen-bond acceptors (Lipinski definition) is 6. The molecule has 0 bridgehead atoms. The van der Waals surface area contributed by atoms with Crippen LogP contribution in [-0.2, 0) is 19.6 Å². The van der Waals surface area contributed by atoms with Gasteiger partial charge in [0.2, 0.25) is 5.91 Å². The highest BCUT2D eigenvalue weighted by molar-refractivity contribution is 7.92. The lowest BCUT2D eigenvalue weighted by Gasteiger charge is -2.24. The number of amides is 1. The van der Waals surface area contributed by atoms with E-state index < -0.39 is 28.4 Å². The van der Waals surface area contributed by atoms with Gasteiger partial charge in [-0.25, -0.2) is 13.2 Å². The van der Waals surface area contributed by atoms with Gasteiger partial charge in [0.25, 0.3) is 10.0 Å². The first kappa shape index (κ1) is 26.1. The number of nitrogens with zero attached hydrogens (tertiary/aromatic N) is 1. The fraction of sp³-hybridized carbons (Fsp3) is 0.200. The predicted octanol–water partition coefficient (Wildman–Crippen LogP) is 4.67. The number of halogens is 1. The molecule has 0 fully saturated rings. The third-order valence-electron chi connectivity index (χ3n) is 4.99. The van der Waals surface area contributed by atoms with E-state index in [2.05, 4.69) is 5.32 Å². The molecule has 8 nitrogen and oxygen atoms in total. The quantitative estimate of drug-likeness (QED) is 0.415. The second kappa shape index (κ2) is 11.2. The summed E-state index contributed by atoms with van der Waals surface area (Å²) < 4.78 is 38.2. The number of nitrogens with one attached hydrogen (secondary N) is 1. The number of methoxy groups -OCH3 is 1. The number of esters is 1.